The van der Waals surface area contributed by atoms with Crippen molar-refractivity contribution in [2.75, 3.05) is 18.0 Å². The highest BCUT2D eigenvalue weighted by Gasteiger charge is 2.28. The fourth-order valence-electron chi connectivity index (χ4n) is 2.65. The van der Waals surface area contributed by atoms with Gasteiger partial charge < -0.3 is 10.6 Å². The van der Waals surface area contributed by atoms with Crippen LogP contribution in [0.2, 0.25) is 0 Å². The van der Waals surface area contributed by atoms with Gasteiger partial charge in [-0.15, -0.1) is 0 Å². The Morgan fingerprint density at radius 3 is 2.90 bits per heavy atom. The van der Waals surface area contributed by atoms with Gasteiger partial charge in [-0.3, -0.25) is 9.59 Å². The Labute approximate surface area is 116 Å². The van der Waals surface area contributed by atoms with Gasteiger partial charge in [-0.05, 0) is 18.6 Å². The van der Waals surface area contributed by atoms with Crippen LogP contribution < -0.4 is 10.6 Å². The Morgan fingerprint density at radius 2 is 2.20 bits per heavy atom. The van der Waals surface area contributed by atoms with Crippen molar-refractivity contribution in [2.24, 2.45) is 11.7 Å². The second-order valence-electron chi connectivity index (χ2n) is 5.05. The molecule has 1 aliphatic rings. The maximum atomic E-state index is 11.3. The number of amides is 1. The van der Waals surface area contributed by atoms with Crippen LogP contribution >= 0.6 is 0 Å². The third kappa shape index (κ3) is 2.11. The molecule has 1 atom stereocenters. The number of hydrogen-bond donors (Lipinski definition) is 1. The smallest absolute Gasteiger partial charge is 0.222 e. The molecule has 3 rings (SSSR count). The van der Waals surface area contributed by atoms with E-state index in [0.29, 0.717) is 30.9 Å². The van der Waals surface area contributed by atoms with Gasteiger partial charge in [-0.25, -0.2) is 4.98 Å². The molecule has 1 saturated heterocycles. The van der Waals surface area contributed by atoms with Crippen molar-refractivity contribution in [3.05, 3.63) is 35.9 Å². The van der Waals surface area contributed by atoms with E-state index in [9.17, 15) is 9.59 Å². The molecule has 5 nitrogen and oxygen atoms in total. The van der Waals surface area contributed by atoms with Crippen LogP contribution in [-0.4, -0.2) is 30.3 Å². The number of rotatable bonds is 3. The number of benzene rings is 1. The van der Waals surface area contributed by atoms with Crippen LogP contribution in [-0.2, 0) is 4.79 Å². The van der Waals surface area contributed by atoms with E-state index in [1.165, 1.54) is 0 Å². The molecule has 0 saturated carbocycles. The van der Waals surface area contributed by atoms with Crippen molar-refractivity contribution < 1.29 is 9.59 Å². The Balaban J connectivity index is 2.02. The van der Waals surface area contributed by atoms with Crippen molar-refractivity contribution in [1.29, 1.82) is 0 Å². The molecule has 0 spiro atoms. The molecular weight excluding hydrogens is 254 g/mol. The highest BCUT2D eigenvalue weighted by molar-refractivity contribution is 5.92. The quantitative estimate of drug-likeness (QED) is 0.853. The van der Waals surface area contributed by atoms with Crippen LogP contribution in [0.3, 0.4) is 0 Å². The maximum Gasteiger partial charge on any atom is 0.222 e. The van der Waals surface area contributed by atoms with Gasteiger partial charge in [-0.2, -0.15) is 0 Å². The first-order valence-corrected chi connectivity index (χ1v) is 6.58. The Bertz CT molecular complexity index is 684. The summed E-state index contributed by atoms with van der Waals surface area (Å²) in [5.41, 5.74) is 6.74. The van der Waals surface area contributed by atoms with Crippen LogP contribution in [0.25, 0.3) is 10.9 Å². The van der Waals surface area contributed by atoms with Gasteiger partial charge in [0.25, 0.3) is 0 Å². The molecule has 2 heterocycles. The van der Waals surface area contributed by atoms with Crippen molar-refractivity contribution in [2.45, 2.75) is 6.42 Å². The van der Waals surface area contributed by atoms with Gasteiger partial charge in [0.1, 0.15) is 5.82 Å². The first kappa shape index (κ1) is 12.6. The monoisotopic (exact) mass is 269 g/mol. The molecule has 0 radical (unpaired) electrons. The second-order valence-corrected chi connectivity index (χ2v) is 5.05. The minimum atomic E-state index is -0.291. The summed E-state index contributed by atoms with van der Waals surface area (Å²) >= 11 is 0. The molecule has 1 fully saturated rings. The van der Waals surface area contributed by atoms with Crippen molar-refractivity contribution in [1.82, 2.24) is 4.98 Å². The molecule has 1 aromatic carbocycles. The number of pyridine rings is 1. The van der Waals surface area contributed by atoms with E-state index in [0.717, 1.165) is 17.2 Å². The van der Waals surface area contributed by atoms with Crippen LogP contribution in [0.5, 0.6) is 0 Å². The summed E-state index contributed by atoms with van der Waals surface area (Å²) in [6.07, 6.45) is 1.52. The van der Waals surface area contributed by atoms with E-state index < -0.39 is 0 Å². The molecule has 0 aliphatic carbocycles. The van der Waals surface area contributed by atoms with Gasteiger partial charge in [0, 0.05) is 18.5 Å². The fraction of sp³-hybridized carbons (Fsp3) is 0.267. The summed E-state index contributed by atoms with van der Waals surface area (Å²) in [6, 6.07) is 9.50. The first-order chi connectivity index (χ1) is 9.69. The lowest BCUT2D eigenvalue weighted by atomic mass is 10.1. The average molecular weight is 269 g/mol. The van der Waals surface area contributed by atoms with Crippen LogP contribution in [0.1, 0.15) is 16.8 Å². The first-order valence-electron chi connectivity index (χ1n) is 6.58. The van der Waals surface area contributed by atoms with Crippen LogP contribution in [0.4, 0.5) is 5.82 Å². The second kappa shape index (κ2) is 4.92. The molecule has 1 aromatic heterocycles. The number of hydrogen-bond acceptors (Lipinski definition) is 4. The molecular formula is C15H15N3O2. The van der Waals surface area contributed by atoms with E-state index in [4.69, 9.17) is 5.73 Å². The topological polar surface area (TPSA) is 76.3 Å². The van der Waals surface area contributed by atoms with Gasteiger partial charge in [0.2, 0.25) is 5.91 Å². The van der Waals surface area contributed by atoms with E-state index in [-0.39, 0.29) is 11.8 Å². The SMILES string of the molecule is NC(=O)C1CCN(c2nc3ccccc3cc2C=O)C1. The number of nitrogens with zero attached hydrogens (tertiary/aromatic N) is 2. The lowest BCUT2D eigenvalue weighted by Gasteiger charge is -2.19. The Morgan fingerprint density at radius 1 is 1.40 bits per heavy atom. The highest BCUT2D eigenvalue weighted by Crippen LogP contribution is 2.27. The number of carbonyl (C=O) groups is 2. The third-order valence-corrected chi connectivity index (χ3v) is 3.75. The van der Waals surface area contributed by atoms with E-state index in [1.807, 2.05) is 35.2 Å². The Kier molecular flexibility index (Phi) is 3.10. The highest BCUT2D eigenvalue weighted by atomic mass is 16.1. The normalized spacial score (nSPS) is 18.4. The number of fused-ring (bicyclic) bond motifs is 1. The number of carbonyl (C=O) groups excluding carboxylic acids is 2. The summed E-state index contributed by atoms with van der Waals surface area (Å²) in [7, 11) is 0. The lowest BCUT2D eigenvalue weighted by Crippen LogP contribution is -2.28. The minimum Gasteiger partial charge on any atom is -0.369 e. The number of nitrogens with two attached hydrogens (primary N) is 1. The zero-order chi connectivity index (χ0) is 14.1. The van der Waals surface area contributed by atoms with E-state index in [1.54, 1.807) is 0 Å². The predicted molar refractivity (Wildman–Crippen MR) is 76.6 cm³/mol. The molecule has 0 bridgehead atoms. The molecule has 2 aromatic rings. The summed E-state index contributed by atoms with van der Waals surface area (Å²) in [5, 5.41) is 0.934. The summed E-state index contributed by atoms with van der Waals surface area (Å²) in [5.74, 6) is 0.186. The Hall–Kier alpha value is -2.43. The van der Waals surface area contributed by atoms with Gasteiger partial charge in [0.15, 0.2) is 6.29 Å². The third-order valence-electron chi connectivity index (χ3n) is 3.75. The number of aromatic nitrogens is 1. The van der Waals surface area contributed by atoms with Crippen LogP contribution in [0, 0.1) is 5.92 Å². The summed E-state index contributed by atoms with van der Waals surface area (Å²) < 4.78 is 0. The van der Waals surface area contributed by atoms with Crippen molar-refractivity contribution >= 4 is 28.9 Å². The molecule has 2 N–H and O–H groups in total. The molecule has 1 aliphatic heterocycles. The fourth-order valence-corrected chi connectivity index (χ4v) is 2.65. The van der Waals surface area contributed by atoms with Gasteiger partial charge in [0.05, 0.1) is 17.0 Å². The number of aldehydes is 1. The largest absolute Gasteiger partial charge is 0.369 e. The number of anilines is 1. The average Bonchev–Trinajstić information content (AvgIpc) is 2.95. The molecule has 5 heteroatoms. The lowest BCUT2D eigenvalue weighted by molar-refractivity contribution is -0.121. The molecule has 20 heavy (non-hydrogen) atoms. The van der Waals surface area contributed by atoms with E-state index >= 15 is 0 Å². The standard InChI is InChI=1S/C15H15N3O2/c16-14(20)11-5-6-18(8-11)15-12(9-19)7-10-3-1-2-4-13(10)17-15/h1-4,7,9,11H,5-6,8H2,(H2,16,20). The van der Waals surface area contributed by atoms with Crippen molar-refractivity contribution in [3.8, 4) is 0 Å². The van der Waals surface area contributed by atoms with E-state index in [2.05, 4.69) is 4.98 Å². The molecule has 1 unspecified atom stereocenters. The number of para-hydroxylation sites is 1. The summed E-state index contributed by atoms with van der Waals surface area (Å²) in [4.78, 5) is 29.1. The number of primary amides is 1. The summed E-state index contributed by atoms with van der Waals surface area (Å²) in [6.45, 7) is 1.22. The molecule has 102 valence electrons. The predicted octanol–water partition coefficient (Wildman–Crippen LogP) is 1.36. The zero-order valence-electron chi connectivity index (χ0n) is 11.0. The van der Waals surface area contributed by atoms with Gasteiger partial charge >= 0.3 is 0 Å². The molecule has 1 amide bonds. The van der Waals surface area contributed by atoms with Crippen molar-refractivity contribution in [3.63, 3.8) is 0 Å². The van der Waals surface area contributed by atoms with Crippen LogP contribution in [0.15, 0.2) is 30.3 Å². The zero-order valence-corrected chi connectivity index (χ0v) is 11.0. The maximum absolute atomic E-state index is 11.3. The minimum absolute atomic E-state index is 0.164. The van der Waals surface area contributed by atoms with Gasteiger partial charge in [-0.1, -0.05) is 18.2 Å².